The molecule has 194 valence electrons. The summed E-state index contributed by atoms with van der Waals surface area (Å²) in [6.45, 7) is 1.46. The average Bonchev–Trinajstić information content (AvgIpc) is 3.29. The molecule has 1 fully saturated rings. The molecule has 5 rings (SSSR count). The Balaban J connectivity index is 1.47. The van der Waals surface area contributed by atoms with Crippen molar-refractivity contribution < 1.29 is 27.8 Å². The first kappa shape index (κ1) is 25.0. The third-order valence-electron chi connectivity index (χ3n) is 6.12. The van der Waals surface area contributed by atoms with Crippen LogP contribution in [-0.2, 0) is 6.18 Å². The van der Waals surface area contributed by atoms with E-state index in [0.717, 1.165) is 12.1 Å². The Labute approximate surface area is 214 Å². The minimum absolute atomic E-state index is 0.0144. The number of ether oxygens (including phenoxy) is 1. The lowest BCUT2D eigenvalue weighted by Crippen LogP contribution is -2.48. The Morgan fingerprint density at radius 1 is 1.24 bits per heavy atom. The Kier molecular flexibility index (Phi) is 6.78. The van der Waals surface area contributed by atoms with Gasteiger partial charge in [-0.15, -0.1) is 0 Å². The van der Waals surface area contributed by atoms with Crippen LogP contribution >= 0.6 is 11.6 Å². The number of aliphatic hydroxyl groups excluding tert-OH is 1. The fourth-order valence-electron chi connectivity index (χ4n) is 4.41. The Morgan fingerprint density at radius 3 is 2.86 bits per heavy atom. The SMILES string of the molecule is O=C(Nc1nccc(OCCCO)n1)N1c2nc(-c3cccc(C(F)(F)F)c3)c(Cl)cc2N2CCC1C2. The normalized spacial score (nSPS) is 16.5. The number of aromatic nitrogens is 3. The van der Waals surface area contributed by atoms with E-state index in [1.807, 2.05) is 4.90 Å². The third-order valence-corrected chi connectivity index (χ3v) is 6.41. The summed E-state index contributed by atoms with van der Waals surface area (Å²) in [5.74, 6) is 0.542. The molecule has 0 spiro atoms. The number of halogens is 4. The highest BCUT2D eigenvalue weighted by molar-refractivity contribution is 6.33. The van der Waals surface area contributed by atoms with Crippen LogP contribution in [0.1, 0.15) is 18.4 Å². The number of urea groups is 1. The van der Waals surface area contributed by atoms with Crippen LogP contribution in [0.5, 0.6) is 5.88 Å². The maximum absolute atomic E-state index is 13.4. The maximum atomic E-state index is 13.4. The maximum Gasteiger partial charge on any atom is 0.416 e. The van der Waals surface area contributed by atoms with Crippen LogP contribution in [0.2, 0.25) is 5.02 Å². The predicted molar refractivity (Wildman–Crippen MR) is 131 cm³/mol. The molecule has 0 aliphatic carbocycles. The largest absolute Gasteiger partial charge is 0.477 e. The first-order chi connectivity index (χ1) is 17.7. The molecule has 1 atom stereocenters. The molecule has 2 aliphatic rings. The molecule has 2 bridgehead atoms. The Hall–Kier alpha value is -3.64. The molecular weight excluding hydrogens is 513 g/mol. The number of aliphatic hydroxyl groups is 1. The summed E-state index contributed by atoms with van der Waals surface area (Å²) in [4.78, 5) is 29.8. The highest BCUT2D eigenvalue weighted by Crippen LogP contribution is 2.43. The summed E-state index contributed by atoms with van der Waals surface area (Å²) in [6, 6.07) is 7.16. The van der Waals surface area contributed by atoms with Gasteiger partial charge in [-0.25, -0.2) is 14.8 Å². The zero-order chi connectivity index (χ0) is 26.2. The summed E-state index contributed by atoms with van der Waals surface area (Å²) >= 11 is 6.49. The molecule has 1 saturated heterocycles. The molecule has 1 aromatic carbocycles. The fourth-order valence-corrected chi connectivity index (χ4v) is 4.67. The van der Waals surface area contributed by atoms with Gasteiger partial charge in [0, 0.05) is 43.9 Å². The summed E-state index contributed by atoms with van der Waals surface area (Å²) < 4.78 is 45.4. The molecule has 37 heavy (non-hydrogen) atoms. The van der Waals surface area contributed by atoms with Gasteiger partial charge in [0.25, 0.3) is 0 Å². The Bertz CT molecular complexity index is 1330. The van der Waals surface area contributed by atoms with Gasteiger partial charge in [0.15, 0.2) is 5.82 Å². The third kappa shape index (κ3) is 5.12. The number of anilines is 3. The summed E-state index contributed by atoms with van der Waals surface area (Å²) in [7, 11) is 0. The second-order valence-corrected chi connectivity index (χ2v) is 8.98. The zero-order valence-electron chi connectivity index (χ0n) is 19.4. The number of nitrogens with one attached hydrogen (secondary N) is 1. The number of hydrogen-bond donors (Lipinski definition) is 2. The van der Waals surface area contributed by atoms with Crippen molar-refractivity contribution in [3.63, 3.8) is 0 Å². The molecule has 3 aromatic rings. The van der Waals surface area contributed by atoms with Gasteiger partial charge >= 0.3 is 12.2 Å². The van der Waals surface area contributed by atoms with Crippen LogP contribution in [0, 0.1) is 0 Å². The number of carbonyl (C=O) groups is 1. The number of fused-ring (bicyclic) bond motifs is 4. The van der Waals surface area contributed by atoms with Crippen molar-refractivity contribution in [3.05, 3.63) is 53.2 Å². The number of rotatable bonds is 6. The molecule has 2 amide bonds. The van der Waals surface area contributed by atoms with Gasteiger partial charge < -0.3 is 14.7 Å². The highest BCUT2D eigenvalue weighted by atomic mass is 35.5. The average molecular weight is 535 g/mol. The second-order valence-electron chi connectivity index (χ2n) is 8.57. The standard InChI is InChI=1S/C24H22ClF3N6O3/c25-17-12-18-21(31-20(17)14-3-1-4-15(11-14)24(26,27)28)34(16-6-8-33(18)13-16)23(36)32-22-29-7-5-19(30-22)37-10-2-9-35/h1,3-5,7,11-12,16,35H,2,6,8-10,13H2,(H,29,30,32,36). The molecule has 2 N–H and O–H groups in total. The molecular formula is C24H22ClF3N6O3. The quantitative estimate of drug-likeness (QED) is 0.445. The minimum atomic E-state index is -4.52. The molecule has 0 radical (unpaired) electrons. The van der Waals surface area contributed by atoms with Crippen LogP contribution in [-0.4, -0.2) is 58.4 Å². The summed E-state index contributed by atoms with van der Waals surface area (Å²) in [5.41, 5.74) is 0.123. The lowest BCUT2D eigenvalue weighted by Gasteiger charge is -2.36. The number of benzene rings is 1. The van der Waals surface area contributed by atoms with Crippen molar-refractivity contribution in [2.45, 2.75) is 25.1 Å². The van der Waals surface area contributed by atoms with E-state index in [1.54, 1.807) is 6.07 Å². The molecule has 2 aliphatic heterocycles. The van der Waals surface area contributed by atoms with Crippen LogP contribution in [0.25, 0.3) is 11.3 Å². The van der Waals surface area contributed by atoms with Crippen molar-refractivity contribution in [2.75, 3.05) is 41.4 Å². The van der Waals surface area contributed by atoms with Gasteiger partial charge in [-0.2, -0.15) is 18.2 Å². The number of hydrogen-bond acceptors (Lipinski definition) is 7. The van der Waals surface area contributed by atoms with Crippen molar-refractivity contribution in [1.82, 2.24) is 15.0 Å². The topological polar surface area (TPSA) is 104 Å². The number of pyridine rings is 1. The van der Waals surface area contributed by atoms with E-state index in [2.05, 4.69) is 20.3 Å². The van der Waals surface area contributed by atoms with Crippen LogP contribution in [0.15, 0.2) is 42.6 Å². The van der Waals surface area contributed by atoms with E-state index in [1.165, 1.54) is 29.3 Å². The fraction of sp³-hybridized carbons (Fsp3) is 0.333. The first-order valence-electron chi connectivity index (χ1n) is 11.5. The van der Waals surface area contributed by atoms with E-state index < -0.39 is 17.8 Å². The van der Waals surface area contributed by atoms with Gasteiger partial charge in [-0.3, -0.25) is 10.2 Å². The number of amides is 2. The number of nitrogens with zero attached hydrogens (tertiary/aromatic N) is 5. The summed E-state index contributed by atoms with van der Waals surface area (Å²) in [5, 5.41) is 11.8. The van der Waals surface area contributed by atoms with Crippen molar-refractivity contribution in [3.8, 4) is 17.1 Å². The molecule has 4 heterocycles. The lowest BCUT2D eigenvalue weighted by atomic mass is 10.1. The lowest BCUT2D eigenvalue weighted by molar-refractivity contribution is -0.137. The zero-order valence-corrected chi connectivity index (χ0v) is 20.1. The van der Waals surface area contributed by atoms with E-state index in [9.17, 15) is 18.0 Å². The van der Waals surface area contributed by atoms with E-state index in [4.69, 9.17) is 21.4 Å². The minimum Gasteiger partial charge on any atom is -0.477 e. The van der Waals surface area contributed by atoms with Crippen molar-refractivity contribution in [2.24, 2.45) is 0 Å². The van der Waals surface area contributed by atoms with Gasteiger partial charge in [-0.1, -0.05) is 23.7 Å². The van der Waals surface area contributed by atoms with Gasteiger partial charge in [-0.05, 0) is 24.6 Å². The molecule has 1 unspecified atom stereocenters. The molecule has 2 aromatic heterocycles. The predicted octanol–water partition coefficient (Wildman–Crippen LogP) is 4.60. The monoisotopic (exact) mass is 534 g/mol. The second kappa shape index (κ2) is 10.0. The first-order valence-corrected chi connectivity index (χ1v) is 11.9. The smallest absolute Gasteiger partial charge is 0.416 e. The van der Waals surface area contributed by atoms with Gasteiger partial charge in [0.1, 0.15) is 0 Å². The molecule has 0 saturated carbocycles. The van der Waals surface area contributed by atoms with Crippen molar-refractivity contribution >= 4 is 35.1 Å². The van der Waals surface area contributed by atoms with Gasteiger partial charge in [0.05, 0.1) is 34.6 Å². The van der Waals surface area contributed by atoms with Gasteiger partial charge in [0.2, 0.25) is 11.8 Å². The van der Waals surface area contributed by atoms with Crippen molar-refractivity contribution in [1.29, 1.82) is 0 Å². The number of alkyl halides is 3. The molecule has 13 heteroatoms. The van der Waals surface area contributed by atoms with E-state index in [0.29, 0.717) is 37.4 Å². The number of carbonyl (C=O) groups excluding carboxylic acids is 1. The summed E-state index contributed by atoms with van der Waals surface area (Å²) in [6.07, 6.45) is -1.99. The Morgan fingerprint density at radius 2 is 2.08 bits per heavy atom. The molecule has 9 nitrogen and oxygen atoms in total. The van der Waals surface area contributed by atoms with Crippen LogP contribution in [0.3, 0.4) is 0 Å². The van der Waals surface area contributed by atoms with E-state index in [-0.39, 0.29) is 47.4 Å². The van der Waals surface area contributed by atoms with Crippen LogP contribution < -0.4 is 19.9 Å². The van der Waals surface area contributed by atoms with E-state index >= 15 is 0 Å². The highest BCUT2D eigenvalue weighted by Gasteiger charge is 2.41. The van der Waals surface area contributed by atoms with Crippen LogP contribution in [0.4, 0.5) is 35.4 Å².